The lowest BCUT2D eigenvalue weighted by atomic mass is 10.1. The van der Waals surface area contributed by atoms with E-state index in [0.717, 1.165) is 5.56 Å². The van der Waals surface area contributed by atoms with E-state index >= 15 is 0 Å². The molecule has 1 aromatic rings. The average molecular weight is 292 g/mol. The molecule has 0 aliphatic heterocycles. The zero-order valence-corrected chi connectivity index (χ0v) is 14.6. The number of aliphatic hydroxyl groups excluding tert-OH is 1. The van der Waals surface area contributed by atoms with Crippen LogP contribution in [0.1, 0.15) is 33.3 Å². The first-order chi connectivity index (χ1) is 9.13. The van der Waals surface area contributed by atoms with Crippen molar-refractivity contribution in [1.82, 2.24) is 0 Å². The van der Waals surface area contributed by atoms with Crippen LogP contribution in [0, 0.1) is 0 Å². The number of benzene rings is 1. The Bertz CT molecular complexity index is 432. The number of aliphatic hydroxyl groups is 1. The van der Waals surface area contributed by atoms with E-state index in [1.54, 1.807) is 0 Å². The maximum absolute atomic E-state index is 10.2. The van der Waals surface area contributed by atoms with E-state index in [1.165, 1.54) is 0 Å². The lowest BCUT2D eigenvalue weighted by molar-refractivity contribution is 0.0698. The monoisotopic (exact) mass is 292 g/mol. The standard InChI is InChI=1S/C17H28O2Si/c1-14(19-20(5,6)17(2,3)4)16(18)13-12-15-10-8-7-9-11-15/h7-14,16,18H,1-6H3/t14-,16-/m0/s1. The largest absolute Gasteiger partial charge is 0.411 e. The van der Waals surface area contributed by atoms with Crippen molar-refractivity contribution in [2.24, 2.45) is 0 Å². The van der Waals surface area contributed by atoms with Crippen LogP contribution in [0.3, 0.4) is 0 Å². The van der Waals surface area contributed by atoms with Crippen molar-refractivity contribution in [2.75, 3.05) is 0 Å². The molecule has 20 heavy (non-hydrogen) atoms. The molecule has 0 unspecified atom stereocenters. The molecular formula is C17H28O2Si. The zero-order chi connectivity index (χ0) is 15.4. The minimum atomic E-state index is -1.83. The summed E-state index contributed by atoms with van der Waals surface area (Å²) in [6.45, 7) is 13.0. The van der Waals surface area contributed by atoms with Crippen LogP contribution in [-0.2, 0) is 4.43 Å². The summed E-state index contributed by atoms with van der Waals surface area (Å²) in [6.07, 6.45) is 2.99. The molecule has 2 atom stereocenters. The van der Waals surface area contributed by atoms with Crippen molar-refractivity contribution >= 4 is 14.4 Å². The van der Waals surface area contributed by atoms with E-state index in [-0.39, 0.29) is 11.1 Å². The Balaban J connectivity index is 2.64. The summed E-state index contributed by atoms with van der Waals surface area (Å²) in [7, 11) is -1.83. The summed E-state index contributed by atoms with van der Waals surface area (Å²) in [6, 6.07) is 9.99. The first-order valence-electron chi connectivity index (χ1n) is 7.22. The molecule has 1 N–H and O–H groups in total. The van der Waals surface area contributed by atoms with Crippen molar-refractivity contribution in [3.05, 3.63) is 42.0 Å². The van der Waals surface area contributed by atoms with Gasteiger partial charge in [0.15, 0.2) is 8.32 Å². The Morgan fingerprint density at radius 1 is 1.15 bits per heavy atom. The molecule has 0 aromatic heterocycles. The number of hydrogen-bond donors (Lipinski definition) is 1. The second-order valence-corrected chi connectivity index (χ2v) is 11.6. The average Bonchev–Trinajstić information content (AvgIpc) is 2.35. The minimum absolute atomic E-state index is 0.157. The third-order valence-corrected chi connectivity index (χ3v) is 8.63. The molecule has 0 saturated heterocycles. The van der Waals surface area contributed by atoms with Crippen molar-refractivity contribution < 1.29 is 9.53 Å². The van der Waals surface area contributed by atoms with Gasteiger partial charge in [0.1, 0.15) is 0 Å². The lowest BCUT2D eigenvalue weighted by Gasteiger charge is -2.39. The van der Waals surface area contributed by atoms with Crippen molar-refractivity contribution in [3.63, 3.8) is 0 Å². The Morgan fingerprint density at radius 3 is 2.20 bits per heavy atom. The van der Waals surface area contributed by atoms with Crippen molar-refractivity contribution in [2.45, 2.75) is 58.0 Å². The van der Waals surface area contributed by atoms with Crippen LogP contribution in [0.25, 0.3) is 6.08 Å². The smallest absolute Gasteiger partial charge is 0.192 e. The predicted octanol–water partition coefficient (Wildman–Crippen LogP) is 4.47. The van der Waals surface area contributed by atoms with Crippen molar-refractivity contribution in [1.29, 1.82) is 0 Å². The molecule has 2 nitrogen and oxygen atoms in total. The Kier molecular flexibility index (Phi) is 5.75. The molecule has 0 amide bonds. The molecule has 1 rings (SSSR count). The Hall–Kier alpha value is -0.903. The highest BCUT2D eigenvalue weighted by Gasteiger charge is 2.39. The number of hydrogen-bond acceptors (Lipinski definition) is 2. The normalized spacial score (nSPS) is 16.4. The van der Waals surface area contributed by atoms with Crippen LogP contribution in [-0.4, -0.2) is 25.6 Å². The zero-order valence-electron chi connectivity index (χ0n) is 13.6. The lowest BCUT2D eigenvalue weighted by Crippen LogP contribution is -2.45. The highest BCUT2D eigenvalue weighted by atomic mass is 28.4. The van der Waals surface area contributed by atoms with Crippen LogP contribution in [0.4, 0.5) is 0 Å². The molecule has 112 valence electrons. The first kappa shape index (κ1) is 17.1. The summed E-state index contributed by atoms with van der Waals surface area (Å²) in [4.78, 5) is 0. The predicted molar refractivity (Wildman–Crippen MR) is 89.2 cm³/mol. The van der Waals surface area contributed by atoms with Crippen LogP contribution < -0.4 is 0 Å². The second-order valence-electron chi connectivity index (χ2n) is 6.84. The fourth-order valence-electron chi connectivity index (χ4n) is 1.64. The van der Waals surface area contributed by atoms with Gasteiger partial charge >= 0.3 is 0 Å². The van der Waals surface area contributed by atoms with Gasteiger partial charge in [-0.05, 0) is 30.6 Å². The highest BCUT2D eigenvalue weighted by molar-refractivity contribution is 6.74. The number of rotatable bonds is 5. The van der Waals surface area contributed by atoms with Gasteiger partial charge in [-0.3, -0.25) is 0 Å². The van der Waals surface area contributed by atoms with E-state index in [4.69, 9.17) is 4.43 Å². The van der Waals surface area contributed by atoms with E-state index in [9.17, 15) is 5.11 Å². The summed E-state index contributed by atoms with van der Waals surface area (Å²) in [5.74, 6) is 0. The molecule has 3 heteroatoms. The maximum Gasteiger partial charge on any atom is 0.192 e. The van der Waals surface area contributed by atoms with Gasteiger partial charge in [0.25, 0.3) is 0 Å². The van der Waals surface area contributed by atoms with E-state index < -0.39 is 14.4 Å². The molecular weight excluding hydrogens is 264 g/mol. The Labute approximate surface area is 124 Å². The van der Waals surface area contributed by atoms with Crippen LogP contribution >= 0.6 is 0 Å². The SMILES string of the molecule is C[C@H](O[Si](C)(C)C(C)(C)C)[C@@H](O)C=Cc1ccccc1. The molecule has 0 aliphatic rings. The van der Waals surface area contributed by atoms with E-state index in [1.807, 2.05) is 49.4 Å². The quantitative estimate of drug-likeness (QED) is 0.811. The summed E-state index contributed by atoms with van der Waals surface area (Å²) in [5, 5.41) is 10.4. The van der Waals surface area contributed by atoms with Crippen LogP contribution in [0.2, 0.25) is 18.1 Å². The van der Waals surface area contributed by atoms with Gasteiger partial charge < -0.3 is 9.53 Å². The van der Waals surface area contributed by atoms with Gasteiger partial charge in [-0.25, -0.2) is 0 Å². The van der Waals surface area contributed by atoms with E-state index in [0.29, 0.717) is 0 Å². The van der Waals surface area contributed by atoms with Gasteiger partial charge in [0.2, 0.25) is 0 Å². The van der Waals surface area contributed by atoms with Gasteiger partial charge in [0, 0.05) is 0 Å². The van der Waals surface area contributed by atoms with Crippen LogP contribution in [0.5, 0.6) is 0 Å². The third-order valence-electron chi connectivity index (χ3n) is 4.05. The third kappa shape index (κ3) is 4.89. The van der Waals surface area contributed by atoms with Gasteiger partial charge in [-0.15, -0.1) is 0 Å². The summed E-state index contributed by atoms with van der Waals surface area (Å²) in [5.41, 5.74) is 1.09. The van der Waals surface area contributed by atoms with E-state index in [2.05, 4.69) is 33.9 Å². The first-order valence-corrected chi connectivity index (χ1v) is 10.1. The summed E-state index contributed by atoms with van der Waals surface area (Å²) >= 11 is 0. The second kappa shape index (κ2) is 6.70. The molecule has 0 fully saturated rings. The summed E-state index contributed by atoms with van der Waals surface area (Å²) < 4.78 is 6.19. The molecule has 0 bridgehead atoms. The molecule has 0 saturated carbocycles. The van der Waals surface area contributed by atoms with Crippen molar-refractivity contribution in [3.8, 4) is 0 Å². The molecule has 0 spiro atoms. The molecule has 1 aromatic carbocycles. The fraction of sp³-hybridized carbons (Fsp3) is 0.529. The fourth-order valence-corrected chi connectivity index (χ4v) is 3.06. The molecule has 0 radical (unpaired) electrons. The molecule has 0 aliphatic carbocycles. The topological polar surface area (TPSA) is 29.5 Å². The van der Waals surface area contributed by atoms with Gasteiger partial charge in [-0.1, -0.05) is 63.3 Å². The minimum Gasteiger partial charge on any atom is -0.411 e. The van der Waals surface area contributed by atoms with Crippen LogP contribution in [0.15, 0.2) is 36.4 Å². The highest BCUT2D eigenvalue weighted by Crippen LogP contribution is 2.37. The molecule has 0 heterocycles. The Morgan fingerprint density at radius 2 is 1.70 bits per heavy atom. The van der Waals surface area contributed by atoms with Gasteiger partial charge in [0.05, 0.1) is 12.2 Å². The van der Waals surface area contributed by atoms with Gasteiger partial charge in [-0.2, -0.15) is 0 Å². The maximum atomic E-state index is 10.2.